The summed E-state index contributed by atoms with van der Waals surface area (Å²) in [5.74, 6) is 1.27. The number of hydrogen-bond donors (Lipinski definition) is 2. The molecular formula is C19H20N2O3. The molecule has 0 unspecified atom stereocenters. The highest BCUT2D eigenvalue weighted by Crippen LogP contribution is 2.27. The molecule has 0 spiro atoms. The highest BCUT2D eigenvalue weighted by atomic mass is 16.5. The van der Waals surface area contributed by atoms with Crippen LogP contribution in [-0.2, 0) is 16.1 Å². The average Bonchev–Trinajstić information content (AvgIpc) is 3.02. The fraction of sp³-hybridized carbons (Fsp3) is 0.263. The van der Waals surface area contributed by atoms with E-state index >= 15 is 0 Å². The average molecular weight is 324 g/mol. The Labute approximate surface area is 141 Å². The van der Waals surface area contributed by atoms with E-state index in [-0.39, 0.29) is 11.8 Å². The largest absolute Gasteiger partial charge is 0.457 e. The molecule has 2 aromatic carbocycles. The second-order valence-corrected chi connectivity index (χ2v) is 5.85. The highest BCUT2D eigenvalue weighted by Gasteiger charge is 2.26. The van der Waals surface area contributed by atoms with Gasteiger partial charge in [0.1, 0.15) is 17.5 Å². The zero-order chi connectivity index (χ0) is 16.9. The summed E-state index contributed by atoms with van der Waals surface area (Å²) >= 11 is 0. The summed E-state index contributed by atoms with van der Waals surface area (Å²) < 4.78 is 5.99. The quantitative estimate of drug-likeness (QED) is 0.888. The molecule has 0 saturated carbocycles. The molecule has 1 heterocycles. The van der Waals surface area contributed by atoms with Crippen LogP contribution in [0.5, 0.6) is 11.5 Å². The number of benzene rings is 2. The van der Waals surface area contributed by atoms with Crippen molar-refractivity contribution in [1.82, 2.24) is 10.6 Å². The topological polar surface area (TPSA) is 67.4 Å². The minimum absolute atomic E-state index is 0.0709. The SMILES string of the molecule is Cc1ccccc1Oc1ccccc1CNC(=O)[C@H]1CCC(=O)N1. The van der Waals surface area contributed by atoms with E-state index in [0.717, 1.165) is 16.9 Å². The van der Waals surface area contributed by atoms with E-state index in [1.165, 1.54) is 0 Å². The molecule has 2 N–H and O–H groups in total. The summed E-state index contributed by atoms with van der Waals surface area (Å²) in [4.78, 5) is 23.3. The molecule has 1 aliphatic rings. The summed E-state index contributed by atoms with van der Waals surface area (Å²) in [7, 11) is 0. The van der Waals surface area contributed by atoms with Gasteiger partial charge in [0.05, 0.1) is 0 Å². The van der Waals surface area contributed by atoms with Gasteiger partial charge in [0.2, 0.25) is 11.8 Å². The standard InChI is InChI=1S/C19H20N2O3/c1-13-6-2-4-8-16(13)24-17-9-5-3-7-14(17)12-20-19(23)15-10-11-18(22)21-15/h2-9,15H,10-12H2,1H3,(H,20,23)(H,21,22)/t15-/m1/s1. The van der Waals surface area contributed by atoms with Crippen molar-refractivity contribution in [2.45, 2.75) is 32.4 Å². The first kappa shape index (κ1) is 16.1. The molecule has 0 bridgehead atoms. The predicted octanol–water partition coefficient (Wildman–Crippen LogP) is 2.68. The van der Waals surface area contributed by atoms with Crippen LogP contribution in [0.3, 0.4) is 0 Å². The Morgan fingerprint density at radius 3 is 2.58 bits per heavy atom. The molecule has 1 atom stereocenters. The van der Waals surface area contributed by atoms with Gasteiger partial charge in [0.15, 0.2) is 0 Å². The van der Waals surface area contributed by atoms with Gasteiger partial charge in [-0.05, 0) is 31.0 Å². The Kier molecular flexibility index (Phi) is 4.79. The van der Waals surface area contributed by atoms with Gasteiger partial charge in [-0.1, -0.05) is 36.4 Å². The van der Waals surface area contributed by atoms with Crippen molar-refractivity contribution in [2.24, 2.45) is 0 Å². The summed E-state index contributed by atoms with van der Waals surface area (Å²) in [6.07, 6.45) is 0.955. The first-order chi connectivity index (χ1) is 11.6. The molecule has 3 rings (SSSR count). The van der Waals surface area contributed by atoms with Crippen LogP contribution in [0.2, 0.25) is 0 Å². The fourth-order valence-corrected chi connectivity index (χ4v) is 2.66. The second kappa shape index (κ2) is 7.17. The lowest BCUT2D eigenvalue weighted by Crippen LogP contribution is -2.41. The van der Waals surface area contributed by atoms with Crippen LogP contribution in [-0.4, -0.2) is 17.9 Å². The van der Waals surface area contributed by atoms with E-state index in [9.17, 15) is 9.59 Å². The van der Waals surface area contributed by atoms with Gasteiger partial charge in [-0.2, -0.15) is 0 Å². The van der Waals surface area contributed by atoms with Gasteiger partial charge in [-0.25, -0.2) is 0 Å². The number of aryl methyl sites for hydroxylation is 1. The van der Waals surface area contributed by atoms with Crippen molar-refractivity contribution < 1.29 is 14.3 Å². The van der Waals surface area contributed by atoms with Crippen LogP contribution in [0, 0.1) is 6.92 Å². The van der Waals surface area contributed by atoms with E-state index in [1.54, 1.807) is 0 Å². The third kappa shape index (κ3) is 3.74. The van der Waals surface area contributed by atoms with Crippen LogP contribution >= 0.6 is 0 Å². The molecule has 124 valence electrons. The Morgan fingerprint density at radius 2 is 1.88 bits per heavy atom. The Balaban J connectivity index is 1.67. The monoisotopic (exact) mass is 324 g/mol. The molecular weight excluding hydrogens is 304 g/mol. The molecule has 24 heavy (non-hydrogen) atoms. The molecule has 5 nitrogen and oxygen atoms in total. The van der Waals surface area contributed by atoms with Crippen LogP contribution in [0.25, 0.3) is 0 Å². The van der Waals surface area contributed by atoms with Crippen LogP contribution in [0.15, 0.2) is 48.5 Å². The van der Waals surface area contributed by atoms with Gasteiger partial charge >= 0.3 is 0 Å². The van der Waals surface area contributed by atoms with E-state index < -0.39 is 6.04 Å². The molecule has 5 heteroatoms. The number of nitrogens with one attached hydrogen (secondary N) is 2. The van der Waals surface area contributed by atoms with Crippen molar-refractivity contribution >= 4 is 11.8 Å². The zero-order valence-electron chi connectivity index (χ0n) is 13.5. The van der Waals surface area contributed by atoms with E-state index in [1.807, 2.05) is 55.5 Å². The Morgan fingerprint density at radius 1 is 1.17 bits per heavy atom. The minimum Gasteiger partial charge on any atom is -0.457 e. The van der Waals surface area contributed by atoms with Crippen molar-refractivity contribution in [2.75, 3.05) is 0 Å². The smallest absolute Gasteiger partial charge is 0.242 e. The number of amides is 2. The van der Waals surface area contributed by atoms with Gasteiger partial charge in [0, 0.05) is 18.5 Å². The minimum atomic E-state index is -0.429. The lowest BCUT2D eigenvalue weighted by molar-refractivity contribution is -0.125. The maximum absolute atomic E-state index is 12.1. The van der Waals surface area contributed by atoms with E-state index in [2.05, 4.69) is 10.6 Å². The van der Waals surface area contributed by atoms with Crippen molar-refractivity contribution in [1.29, 1.82) is 0 Å². The van der Waals surface area contributed by atoms with Gasteiger partial charge in [-0.3, -0.25) is 9.59 Å². The normalized spacial score (nSPS) is 16.5. The molecule has 0 radical (unpaired) electrons. The predicted molar refractivity (Wildman–Crippen MR) is 90.7 cm³/mol. The maximum atomic E-state index is 12.1. The summed E-state index contributed by atoms with van der Waals surface area (Å²) in [5.41, 5.74) is 1.93. The zero-order valence-corrected chi connectivity index (χ0v) is 13.5. The van der Waals surface area contributed by atoms with Crippen molar-refractivity contribution in [3.05, 3.63) is 59.7 Å². The lowest BCUT2D eigenvalue weighted by atomic mass is 10.1. The Bertz CT molecular complexity index is 758. The number of carbonyl (C=O) groups is 2. The summed E-state index contributed by atoms with van der Waals surface area (Å²) in [6, 6.07) is 15.0. The molecule has 1 aliphatic heterocycles. The number of rotatable bonds is 5. The maximum Gasteiger partial charge on any atom is 0.242 e. The third-order valence-electron chi connectivity index (χ3n) is 4.05. The third-order valence-corrected chi connectivity index (χ3v) is 4.05. The van der Waals surface area contributed by atoms with Crippen LogP contribution in [0.4, 0.5) is 0 Å². The second-order valence-electron chi connectivity index (χ2n) is 5.85. The van der Waals surface area contributed by atoms with Crippen molar-refractivity contribution in [3.63, 3.8) is 0 Å². The molecule has 2 aromatic rings. The lowest BCUT2D eigenvalue weighted by Gasteiger charge is -2.15. The van der Waals surface area contributed by atoms with Gasteiger partial charge < -0.3 is 15.4 Å². The number of hydrogen-bond acceptors (Lipinski definition) is 3. The molecule has 0 aromatic heterocycles. The fourth-order valence-electron chi connectivity index (χ4n) is 2.66. The van der Waals surface area contributed by atoms with Gasteiger partial charge in [0.25, 0.3) is 0 Å². The van der Waals surface area contributed by atoms with E-state index in [0.29, 0.717) is 25.1 Å². The molecule has 1 saturated heterocycles. The van der Waals surface area contributed by atoms with E-state index in [4.69, 9.17) is 4.74 Å². The number of para-hydroxylation sites is 2. The number of carbonyl (C=O) groups excluding carboxylic acids is 2. The molecule has 2 amide bonds. The van der Waals surface area contributed by atoms with Crippen LogP contribution in [0.1, 0.15) is 24.0 Å². The first-order valence-corrected chi connectivity index (χ1v) is 8.02. The summed E-state index contributed by atoms with van der Waals surface area (Å²) in [6.45, 7) is 2.34. The summed E-state index contributed by atoms with van der Waals surface area (Å²) in [5, 5.41) is 5.54. The highest BCUT2D eigenvalue weighted by molar-refractivity contribution is 5.90. The first-order valence-electron chi connectivity index (χ1n) is 8.02. The Hall–Kier alpha value is -2.82. The van der Waals surface area contributed by atoms with Crippen LogP contribution < -0.4 is 15.4 Å². The number of ether oxygens (including phenoxy) is 1. The van der Waals surface area contributed by atoms with Crippen molar-refractivity contribution in [3.8, 4) is 11.5 Å². The molecule has 0 aliphatic carbocycles. The molecule has 1 fully saturated rings. The van der Waals surface area contributed by atoms with Gasteiger partial charge in [-0.15, -0.1) is 0 Å².